The fourth-order valence-electron chi connectivity index (χ4n) is 5.40. The molecule has 1 aromatic carbocycles. The average molecular weight is 561 g/mol. The Balaban J connectivity index is 1.71. The van der Waals surface area contributed by atoms with E-state index in [1.165, 1.54) is 0 Å². The Bertz CT molecular complexity index is 964. The van der Waals surface area contributed by atoms with E-state index < -0.39 is 42.0 Å². The van der Waals surface area contributed by atoms with E-state index in [0.717, 1.165) is 37.7 Å². The van der Waals surface area contributed by atoms with Gasteiger partial charge < -0.3 is 35.8 Å². The third-order valence-electron chi connectivity index (χ3n) is 7.68. The molecule has 11 heteroatoms. The normalized spacial score (nSPS) is 19.1. The minimum Gasteiger partial charge on any atom is -0.479 e. The zero-order chi connectivity index (χ0) is 28.9. The molecule has 0 radical (unpaired) electrons. The van der Waals surface area contributed by atoms with E-state index in [9.17, 15) is 29.4 Å². The second kappa shape index (κ2) is 16.2. The lowest BCUT2D eigenvalue weighted by Gasteiger charge is -2.31. The van der Waals surface area contributed by atoms with Gasteiger partial charge in [0.1, 0.15) is 12.1 Å². The molecule has 1 aliphatic heterocycles. The van der Waals surface area contributed by atoms with Crippen LogP contribution in [0.3, 0.4) is 0 Å². The number of ether oxygens (including phenoxy) is 1. The van der Waals surface area contributed by atoms with Gasteiger partial charge in [0.2, 0.25) is 11.8 Å². The summed E-state index contributed by atoms with van der Waals surface area (Å²) in [6.07, 6.45) is 4.81. The molecule has 40 heavy (non-hydrogen) atoms. The number of benzene rings is 1. The zero-order valence-electron chi connectivity index (χ0n) is 23.3. The van der Waals surface area contributed by atoms with Gasteiger partial charge in [-0.25, -0.2) is 9.59 Å². The fraction of sp³-hybridized carbons (Fsp3) is 0.655. The largest absolute Gasteiger partial charge is 0.479 e. The Morgan fingerprint density at radius 1 is 0.950 bits per heavy atom. The molecule has 1 aliphatic carbocycles. The summed E-state index contributed by atoms with van der Waals surface area (Å²) >= 11 is 0. The third-order valence-corrected chi connectivity index (χ3v) is 7.68. The van der Waals surface area contributed by atoms with E-state index >= 15 is 0 Å². The average Bonchev–Trinajstić information content (AvgIpc) is 2.97. The number of carboxylic acid groups (broad SMARTS) is 1. The van der Waals surface area contributed by atoms with E-state index in [0.29, 0.717) is 45.6 Å². The summed E-state index contributed by atoms with van der Waals surface area (Å²) in [4.78, 5) is 53.0. The monoisotopic (exact) mass is 560 g/mol. The molecule has 222 valence electrons. The summed E-state index contributed by atoms with van der Waals surface area (Å²) in [7, 11) is 0. The van der Waals surface area contributed by atoms with Crippen molar-refractivity contribution in [2.45, 2.75) is 88.9 Å². The molecule has 3 rings (SSSR count). The minimum atomic E-state index is -1.75. The molecule has 2 aliphatic rings. The molecular formula is C29H44N4O7. The lowest BCUT2D eigenvalue weighted by atomic mass is 9.83. The summed E-state index contributed by atoms with van der Waals surface area (Å²) in [5.74, 6) is -2.24. The second-order valence-corrected chi connectivity index (χ2v) is 10.8. The first-order chi connectivity index (χ1) is 19.3. The molecule has 1 heterocycles. The SMILES string of the molecule is CCCC(NC(=O)C(Cc1ccccc1)NC(=O)N1CCOCC1)C(=O)NC(CC1CCCCC1)C(O)C(=O)O. The van der Waals surface area contributed by atoms with Crippen LogP contribution in [0, 0.1) is 5.92 Å². The highest BCUT2D eigenvalue weighted by atomic mass is 16.5. The lowest BCUT2D eigenvalue weighted by molar-refractivity contribution is -0.149. The van der Waals surface area contributed by atoms with Crippen LogP contribution >= 0.6 is 0 Å². The number of hydrogen-bond donors (Lipinski definition) is 5. The highest BCUT2D eigenvalue weighted by Crippen LogP contribution is 2.28. The maximum atomic E-state index is 13.5. The Hall–Kier alpha value is -3.18. The van der Waals surface area contributed by atoms with Crippen molar-refractivity contribution in [3.63, 3.8) is 0 Å². The van der Waals surface area contributed by atoms with E-state index in [4.69, 9.17) is 4.74 Å². The van der Waals surface area contributed by atoms with Gasteiger partial charge in [0.25, 0.3) is 0 Å². The number of aliphatic hydroxyl groups excluding tert-OH is 1. The van der Waals surface area contributed by atoms with Crippen molar-refractivity contribution >= 4 is 23.8 Å². The molecule has 0 aromatic heterocycles. The molecule has 1 aromatic rings. The van der Waals surface area contributed by atoms with Crippen LogP contribution in [0.15, 0.2) is 30.3 Å². The van der Waals surface area contributed by atoms with Crippen molar-refractivity contribution in [1.82, 2.24) is 20.9 Å². The zero-order valence-corrected chi connectivity index (χ0v) is 23.3. The van der Waals surface area contributed by atoms with E-state index in [1.807, 2.05) is 37.3 Å². The predicted octanol–water partition coefficient (Wildman–Crippen LogP) is 1.83. The van der Waals surface area contributed by atoms with Crippen LogP contribution in [0.2, 0.25) is 0 Å². The highest BCUT2D eigenvalue weighted by Gasteiger charge is 2.34. The van der Waals surface area contributed by atoms with Crippen molar-refractivity contribution in [2.75, 3.05) is 26.3 Å². The quantitative estimate of drug-likeness (QED) is 0.246. The molecule has 4 unspecified atom stereocenters. The number of rotatable bonds is 13. The van der Waals surface area contributed by atoms with Gasteiger partial charge in [0, 0.05) is 19.5 Å². The summed E-state index contributed by atoms with van der Waals surface area (Å²) < 4.78 is 5.31. The van der Waals surface area contributed by atoms with Crippen molar-refractivity contribution < 1.29 is 34.1 Å². The lowest BCUT2D eigenvalue weighted by Crippen LogP contribution is -2.58. The molecule has 5 N–H and O–H groups in total. The Kier molecular flexibility index (Phi) is 12.7. The molecule has 4 atom stereocenters. The minimum absolute atomic E-state index is 0.220. The van der Waals surface area contributed by atoms with Gasteiger partial charge in [-0.2, -0.15) is 0 Å². The van der Waals surface area contributed by atoms with Crippen LogP contribution in [0.1, 0.15) is 63.9 Å². The third kappa shape index (κ3) is 9.78. The Morgan fingerprint density at radius 2 is 1.60 bits per heavy atom. The second-order valence-electron chi connectivity index (χ2n) is 10.8. The van der Waals surface area contributed by atoms with E-state index in [2.05, 4.69) is 16.0 Å². The summed E-state index contributed by atoms with van der Waals surface area (Å²) in [6.45, 7) is 3.55. The number of nitrogens with zero attached hydrogens (tertiary/aromatic N) is 1. The summed E-state index contributed by atoms with van der Waals surface area (Å²) in [5.41, 5.74) is 0.846. The number of carbonyl (C=O) groups excluding carboxylic acids is 3. The van der Waals surface area contributed by atoms with Gasteiger partial charge >= 0.3 is 12.0 Å². The van der Waals surface area contributed by atoms with Crippen LogP contribution in [0.5, 0.6) is 0 Å². The van der Waals surface area contributed by atoms with Crippen LogP contribution in [-0.2, 0) is 25.5 Å². The van der Waals surface area contributed by atoms with Crippen molar-refractivity contribution in [3.8, 4) is 0 Å². The van der Waals surface area contributed by atoms with E-state index in [-0.39, 0.29) is 18.4 Å². The number of morpholine rings is 1. The van der Waals surface area contributed by atoms with Crippen LogP contribution in [-0.4, -0.2) is 89.5 Å². The van der Waals surface area contributed by atoms with Crippen molar-refractivity contribution in [3.05, 3.63) is 35.9 Å². The number of urea groups is 1. The molecule has 0 spiro atoms. The maximum Gasteiger partial charge on any atom is 0.334 e. The molecule has 11 nitrogen and oxygen atoms in total. The van der Waals surface area contributed by atoms with Crippen molar-refractivity contribution in [1.29, 1.82) is 0 Å². The maximum absolute atomic E-state index is 13.5. The number of nitrogens with one attached hydrogen (secondary N) is 3. The Labute approximate surface area is 236 Å². The first kappa shape index (κ1) is 31.3. The molecular weight excluding hydrogens is 516 g/mol. The summed E-state index contributed by atoms with van der Waals surface area (Å²) in [6, 6.07) is 6.04. The van der Waals surface area contributed by atoms with Crippen LogP contribution in [0.25, 0.3) is 0 Å². The van der Waals surface area contributed by atoms with E-state index in [1.54, 1.807) is 4.90 Å². The molecule has 1 saturated carbocycles. The number of carboxylic acids is 1. The topological polar surface area (TPSA) is 157 Å². The van der Waals surface area contributed by atoms with Gasteiger partial charge in [0.05, 0.1) is 19.3 Å². The van der Waals surface area contributed by atoms with Gasteiger partial charge in [-0.3, -0.25) is 9.59 Å². The number of carbonyl (C=O) groups is 4. The van der Waals surface area contributed by atoms with Gasteiger partial charge in [0.15, 0.2) is 6.10 Å². The van der Waals surface area contributed by atoms with Gasteiger partial charge in [-0.1, -0.05) is 75.8 Å². The standard InChI is InChI=1S/C29H44N4O7/c1-2-9-22(26(35)31-23(25(34)28(37)38)18-20-10-5-3-6-11-20)30-27(36)24(19-21-12-7-4-8-13-21)32-29(39)33-14-16-40-17-15-33/h4,7-8,12-13,20,22-25,34H,2-3,5-6,9-11,14-19H2,1H3,(H,30,36)(H,31,35)(H,32,39)(H,37,38). The highest BCUT2D eigenvalue weighted by molar-refractivity contribution is 5.92. The number of aliphatic carboxylic acids is 1. The number of amides is 4. The predicted molar refractivity (Wildman–Crippen MR) is 148 cm³/mol. The van der Waals surface area contributed by atoms with Gasteiger partial charge in [-0.15, -0.1) is 0 Å². The Morgan fingerprint density at radius 3 is 2.23 bits per heavy atom. The van der Waals surface area contributed by atoms with Crippen LogP contribution in [0.4, 0.5) is 4.79 Å². The fourth-order valence-corrected chi connectivity index (χ4v) is 5.40. The van der Waals surface area contributed by atoms with Gasteiger partial charge in [-0.05, 0) is 24.3 Å². The first-order valence-corrected chi connectivity index (χ1v) is 14.5. The molecule has 0 bridgehead atoms. The van der Waals surface area contributed by atoms with Crippen LogP contribution < -0.4 is 16.0 Å². The number of hydrogen-bond acceptors (Lipinski definition) is 6. The molecule has 1 saturated heterocycles. The van der Waals surface area contributed by atoms with Crippen molar-refractivity contribution in [2.24, 2.45) is 5.92 Å². The molecule has 2 fully saturated rings. The number of aliphatic hydroxyl groups is 1. The smallest absolute Gasteiger partial charge is 0.334 e. The summed E-state index contributed by atoms with van der Waals surface area (Å²) in [5, 5.41) is 28.2. The molecule has 4 amide bonds. The first-order valence-electron chi connectivity index (χ1n) is 14.5.